The van der Waals surface area contributed by atoms with Crippen molar-refractivity contribution in [3.8, 4) is 11.1 Å². The lowest BCUT2D eigenvalue weighted by molar-refractivity contribution is -0.115. The van der Waals surface area contributed by atoms with Crippen LogP contribution in [0.1, 0.15) is 58.5 Å². The zero-order chi connectivity index (χ0) is 22.9. The normalized spacial score (nSPS) is 18.4. The van der Waals surface area contributed by atoms with Crippen molar-refractivity contribution in [2.45, 2.75) is 39.5 Å². The largest absolute Gasteiger partial charge is 0.478 e. The number of ether oxygens (including phenoxy) is 2. The van der Waals surface area contributed by atoms with E-state index in [1.807, 2.05) is 37.3 Å². The molecule has 0 saturated carbocycles. The van der Waals surface area contributed by atoms with Crippen molar-refractivity contribution in [2.24, 2.45) is 10.8 Å². The number of hydrogen-bond acceptors (Lipinski definition) is 4. The Kier molecular flexibility index (Phi) is 6.10. The Morgan fingerprint density at radius 2 is 1.38 bits per heavy atom. The number of hydrogen-bond donors (Lipinski definition) is 2. The minimum absolute atomic E-state index is 0.0696. The molecular formula is C26H30O6. The summed E-state index contributed by atoms with van der Waals surface area (Å²) in [7, 11) is 0. The van der Waals surface area contributed by atoms with Gasteiger partial charge in [0.05, 0.1) is 37.6 Å². The van der Waals surface area contributed by atoms with Gasteiger partial charge in [-0.2, -0.15) is 0 Å². The fourth-order valence-electron chi connectivity index (χ4n) is 4.86. The van der Waals surface area contributed by atoms with Gasteiger partial charge in [-0.1, -0.05) is 44.2 Å². The van der Waals surface area contributed by atoms with Gasteiger partial charge in [0.15, 0.2) is 0 Å². The standard InChI is InChI=1S/C26H30O6/c1-3-25(13-31-14-25)11-20-18(17-8-6-5-7-9-17)10-19(23(27)28)21(22(20)24(29)30)12-26(4-2)15-32-16-26/h5-10H,3-4,11-16H2,1-2H3,(H,27,28)(H,29,30). The van der Waals surface area contributed by atoms with E-state index >= 15 is 0 Å². The third-order valence-electron chi connectivity index (χ3n) is 7.31. The Morgan fingerprint density at radius 3 is 1.78 bits per heavy atom. The van der Waals surface area contributed by atoms with E-state index in [1.54, 1.807) is 6.07 Å². The molecular weight excluding hydrogens is 408 g/mol. The topological polar surface area (TPSA) is 93.1 Å². The molecule has 2 aromatic carbocycles. The Hall–Kier alpha value is -2.70. The quantitative estimate of drug-likeness (QED) is 0.590. The van der Waals surface area contributed by atoms with Gasteiger partial charge in [-0.15, -0.1) is 0 Å². The van der Waals surface area contributed by atoms with E-state index in [0.29, 0.717) is 56.0 Å². The summed E-state index contributed by atoms with van der Waals surface area (Å²) in [6.07, 6.45) is 2.58. The van der Waals surface area contributed by atoms with E-state index in [1.165, 1.54) is 0 Å². The number of carboxylic acid groups (broad SMARTS) is 2. The molecule has 0 amide bonds. The average molecular weight is 439 g/mol. The van der Waals surface area contributed by atoms with Crippen LogP contribution in [-0.2, 0) is 22.3 Å². The zero-order valence-electron chi connectivity index (χ0n) is 18.6. The molecule has 2 fully saturated rings. The molecule has 0 unspecified atom stereocenters. The van der Waals surface area contributed by atoms with Crippen LogP contribution in [0.5, 0.6) is 0 Å². The molecule has 2 N–H and O–H groups in total. The second-order valence-electron chi connectivity index (χ2n) is 9.33. The van der Waals surface area contributed by atoms with Crippen molar-refractivity contribution in [1.29, 1.82) is 0 Å². The Morgan fingerprint density at radius 1 is 0.844 bits per heavy atom. The maximum absolute atomic E-state index is 12.7. The predicted octanol–water partition coefficient (Wildman–Crippen LogP) is 4.69. The predicted molar refractivity (Wildman–Crippen MR) is 120 cm³/mol. The van der Waals surface area contributed by atoms with Crippen LogP contribution in [-0.4, -0.2) is 48.6 Å². The molecule has 0 aliphatic carbocycles. The summed E-state index contributed by atoms with van der Waals surface area (Å²) < 4.78 is 10.9. The zero-order valence-corrected chi connectivity index (χ0v) is 18.6. The van der Waals surface area contributed by atoms with Gasteiger partial charge in [0.25, 0.3) is 0 Å². The van der Waals surface area contributed by atoms with Gasteiger partial charge in [-0.3, -0.25) is 0 Å². The van der Waals surface area contributed by atoms with E-state index in [2.05, 4.69) is 6.92 Å². The summed E-state index contributed by atoms with van der Waals surface area (Å²) in [6.45, 7) is 6.34. The molecule has 2 aliphatic rings. The van der Waals surface area contributed by atoms with Gasteiger partial charge >= 0.3 is 11.9 Å². The maximum Gasteiger partial charge on any atom is 0.336 e. The molecule has 0 atom stereocenters. The fraction of sp³-hybridized carbons (Fsp3) is 0.462. The van der Waals surface area contributed by atoms with Crippen LogP contribution in [0.15, 0.2) is 36.4 Å². The van der Waals surface area contributed by atoms with Crippen LogP contribution in [0.4, 0.5) is 0 Å². The van der Waals surface area contributed by atoms with Crippen molar-refractivity contribution in [3.05, 3.63) is 58.7 Å². The lowest BCUT2D eigenvalue weighted by Gasteiger charge is -2.43. The Labute approximate surface area is 188 Å². The highest BCUT2D eigenvalue weighted by Gasteiger charge is 2.42. The van der Waals surface area contributed by atoms with Crippen molar-refractivity contribution in [2.75, 3.05) is 26.4 Å². The fourth-order valence-corrected chi connectivity index (χ4v) is 4.86. The van der Waals surface area contributed by atoms with Crippen molar-refractivity contribution in [3.63, 3.8) is 0 Å². The molecule has 0 aromatic heterocycles. The lowest BCUT2D eigenvalue weighted by atomic mass is 9.71. The Balaban J connectivity index is 1.98. The second kappa shape index (κ2) is 8.68. The van der Waals surface area contributed by atoms with Crippen LogP contribution < -0.4 is 0 Å². The number of carboxylic acids is 2. The SMILES string of the molecule is CCC1(Cc2c(C(=O)O)cc(-c3ccccc3)c(CC3(CC)COC3)c2C(=O)O)COC1. The first kappa shape index (κ1) is 22.5. The molecule has 2 aliphatic heterocycles. The minimum atomic E-state index is -1.10. The summed E-state index contributed by atoms with van der Waals surface area (Å²) >= 11 is 0. The molecule has 32 heavy (non-hydrogen) atoms. The van der Waals surface area contributed by atoms with E-state index in [9.17, 15) is 19.8 Å². The molecule has 2 saturated heterocycles. The van der Waals surface area contributed by atoms with E-state index < -0.39 is 11.9 Å². The van der Waals surface area contributed by atoms with Crippen molar-refractivity contribution < 1.29 is 29.3 Å². The van der Waals surface area contributed by atoms with Gasteiger partial charge in [0.2, 0.25) is 0 Å². The molecule has 0 spiro atoms. The first-order valence-electron chi connectivity index (χ1n) is 11.2. The summed E-state index contributed by atoms with van der Waals surface area (Å²) in [4.78, 5) is 25.0. The number of aromatic carboxylic acids is 2. The van der Waals surface area contributed by atoms with Crippen molar-refractivity contribution >= 4 is 11.9 Å². The van der Waals surface area contributed by atoms with E-state index in [4.69, 9.17) is 9.47 Å². The van der Waals surface area contributed by atoms with Crippen LogP contribution in [0.2, 0.25) is 0 Å². The molecule has 4 rings (SSSR count). The van der Waals surface area contributed by atoms with Gasteiger partial charge in [-0.25, -0.2) is 9.59 Å². The monoisotopic (exact) mass is 438 g/mol. The molecule has 170 valence electrons. The highest BCUT2D eigenvalue weighted by molar-refractivity contribution is 6.01. The van der Waals surface area contributed by atoms with Crippen LogP contribution >= 0.6 is 0 Å². The van der Waals surface area contributed by atoms with E-state index in [0.717, 1.165) is 18.4 Å². The number of carbonyl (C=O) groups is 2. The second-order valence-corrected chi connectivity index (χ2v) is 9.33. The third-order valence-corrected chi connectivity index (χ3v) is 7.31. The highest BCUT2D eigenvalue weighted by atomic mass is 16.5. The smallest absolute Gasteiger partial charge is 0.336 e. The maximum atomic E-state index is 12.7. The first-order chi connectivity index (χ1) is 15.3. The molecule has 6 nitrogen and oxygen atoms in total. The summed E-state index contributed by atoms with van der Waals surface area (Å²) in [5, 5.41) is 20.5. The van der Waals surface area contributed by atoms with Gasteiger partial charge in [0, 0.05) is 10.8 Å². The van der Waals surface area contributed by atoms with Gasteiger partial charge in [0.1, 0.15) is 0 Å². The highest BCUT2D eigenvalue weighted by Crippen LogP contribution is 2.43. The summed E-state index contributed by atoms with van der Waals surface area (Å²) in [5.41, 5.74) is 2.49. The number of rotatable bonds is 9. The lowest BCUT2D eigenvalue weighted by Crippen LogP contribution is -2.45. The summed E-state index contributed by atoms with van der Waals surface area (Å²) in [6, 6.07) is 11.1. The molecule has 6 heteroatoms. The average Bonchev–Trinajstić information content (AvgIpc) is 2.73. The first-order valence-corrected chi connectivity index (χ1v) is 11.2. The number of benzene rings is 2. The summed E-state index contributed by atoms with van der Waals surface area (Å²) in [5.74, 6) is -2.18. The van der Waals surface area contributed by atoms with Crippen LogP contribution in [0, 0.1) is 10.8 Å². The molecule has 0 bridgehead atoms. The van der Waals surface area contributed by atoms with Gasteiger partial charge < -0.3 is 19.7 Å². The molecule has 0 radical (unpaired) electrons. The molecule has 2 aromatic rings. The Bertz CT molecular complexity index is 1010. The third kappa shape index (κ3) is 3.93. The van der Waals surface area contributed by atoms with E-state index in [-0.39, 0.29) is 22.0 Å². The van der Waals surface area contributed by atoms with Gasteiger partial charge in [-0.05, 0) is 54.0 Å². The minimum Gasteiger partial charge on any atom is -0.478 e. The van der Waals surface area contributed by atoms with Crippen LogP contribution in [0.25, 0.3) is 11.1 Å². The molecule has 2 heterocycles. The van der Waals surface area contributed by atoms with Crippen molar-refractivity contribution in [1.82, 2.24) is 0 Å². The van der Waals surface area contributed by atoms with Crippen LogP contribution in [0.3, 0.4) is 0 Å².